The zero-order chi connectivity index (χ0) is 20.8. The summed E-state index contributed by atoms with van der Waals surface area (Å²) in [5.74, 6) is 1.38. The maximum atomic E-state index is 9.71. The number of hydrogen-bond donors (Lipinski definition) is 0. The Balaban J connectivity index is 1.97. The Morgan fingerprint density at radius 1 is 1.14 bits per heavy atom. The van der Waals surface area contributed by atoms with Crippen LogP contribution in [0.2, 0.25) is 10.0 Å². The van der Waals surface area contributed by atoms with Gasteiger partial charge in [0.2, 0.25) is 0 Å². The van der Waals surface area contributed by atoms with E-state index in [4.69, 9.17) is 32.7 Å². The molecule has 0 saturated heterocycles. The van der Waals surface area contributed by atoms with Crippen molar-refractivity contribution in [1.82, 2.24) is 4.98 Å². The minimum absolute atomic E-state index is 0.441. The van der Waals surface area contributed by atoms with Gasteiger partial charge in [0, 0.05) is 27.6 Å². The van der Waals surface area contributed by atoms with Crippen LogP contribution < -0.4 is 9.47 Å². The van der Waals surface area contributed by atoms with Crippen LogP contribution in [0.4, 0.5) is 0 Å². The first-order valence-corrected chi connectivity index (χ1v) is 10.6. The van der Waals surface area contributed by atoms with Crippen LogP contribution in [0.5, 0.6) is 11.5 Å². The third-order valence-electron chi connectivity index (χ3n) is 3.96. The fourth-order valence-corrected chi connectivity index (χ4v) is 3.98. The number of nitriles is 1. The molecule has 0 atom stereocenters. The van der Waals surface area contributed by atoms with Crippen molar-refractivity contribution in [2.75, 3.05) is 13.2 Å². The summed E-state index contributed by atoms with van der Waals surface area (Å²) in [5.41, 5.74) is 2.70. The molecular formula is C22H18Cl2N2O2S. The molecule has 0 aliphatic heterocycles. The average molecular weight is 445 g/mol. The Hall–Kier alpha value is -2.52. The number of thiazole rings is 1. The number of allylic oxidation sites excluding steroid dienone is 1. The molecule has 0 unspecified atom stereocenters. The van der Waals surface area contributed by atoms with Gasteiger partial charge in [0.1, 0.15) is 22.6 Å². The van der Waals surface area contributed by atoms with Crippen molar-refractivity contribution in [3.05, 3.63) is 62.4 Å². The lowest BCUT2D eigenvalue weighted by Crippen LogP contribution is -1.97. The molecule has 4 nitrogen and oxygen atoms in total. The summed E-state index contributed by atoms with van der Waals surface area (Å²) in [6.07, 6.45) is 1.77. The van der Waals surface area contributed by atoms with Gasteiger partial charge in [-0.15, -0.1) is 11.3 Å². The first-order valence-electron chi connectivity index (χ1n) is 8.98. The zero-order valence-electron chi connectivity index (χ0n) is 15.9. The minimum atomic E-state index is 0.441. The van der Waals surface area contributed by atoms with Crippen molar-refractivity contribution in [1.29, 1.82) is 5.26 Å². The van der Waals surface area contributed by atoms with E-state index in [9.17, 15) is 5.26 Å². The van der Waals surface area contributed by atoms with Gasteiger partial charge in [-0.25, -0.2) is 4.98 Å². The molecular weight excluding hydrogens is 427 g/mol. The summed E-state index contributed by atoms with van der Waals surface area (Å²) < 4.78 is 11.3. The van der Waals surface area contributed by atoms with E-state index in [0.717, 1.165) is 16.9 Å². The van der Waals surface area contributed by atoms with Gasteiger partial charge < -0.3 is 9.47 Å². The molecule has 0 bridgehead atoms. The fraction of sp³-hybridized carbons (Fsp3) is 0.182. The third kappa shape index (κ3) is 5.10. The van der Waals surface area contributed by atoms with E-state index in [0.29, 0.717) is 45.3 Å². The quantitative estimate of drug-likeness (QED) is 0.368. The van der Waals surface area contributed by atoms with E-state index in [1.54, 1.807) is 18.2 Å². The van der Waals surface area contributed by atoms with Gasteiger partial charge in [-0.1, -0.05) is 23.2 Å². The lowest BCUT2D eigenvalue weighted by molar-refractivity contribution is 0.322. The Bertz CT molecular complexity index is 1090. The van der Waals surface area contributed by atoms with Gasteiger partial charge >= 0.3 is 0 Å². The summed E-state index contributed by atoms with van der Waals surface area (Å²) in [6.45, 7) is 4.91. The van der Waals surface area contributed by atoms with Gasteiger partial charge in [-0.3, -0.25) is 0 Å². The fourth-order valence-electron chi connectivity index (χ4n) is 2.69. The van der Waals surface area contributed by atoms with Crippen LogP contribution >= 0.6 is 34.5 Å². The lowest BCUT2D eigenvalue weighted by atomic mass is 10.1. The van der Waals surface area contributed by atoms with Gasteiger partial charge in [0.25, 0.3) is 0 Å². The summed E-state index contributed by atoms with van der Waals surface area (Å²) in [4.78, 5) is 4.60. The van der Waals surface area contributed by atoms with E-state index < -0.39 is 0 Å². The monoisotopic (exact) mass is 444 g/mol. The Morgan fingerprint density at radius 2 is 1.93 bits per heavy atom. The molecule has 0 N–H and O–H groups in total. The molecule has 3 aromatic rings. The van der Waals surface area contributed by atoms with E-state index >= 15 is 0 Å². The molecule has 148 valence electrons. The second-order valence-electron chi connectivity index (χ2n) is 5.90. The minimum Gasteiger partial charge on any atom is -0.494 e. The van der Waals surface area contributed by atoms with Crippen LogP contribution in [-0.2, 0) is 0 Å². The topological polar surface area (TPSA) is 55.1 Å². The standard InChI is InChI=1S/C22H18Cl2N2O2S/c1-3-27-17-7-5-14(21(11-17)28-4-2)9-15(12-25)22-26-20(13-29-22)18-8-6-16(23)10-19(18)24/h5-11,13H,3-4H2,1-2H3. The highest BCUT2D eigenvalue weighted by atomic mass is 35.5. The Labute approximate surface area is 183 Å². The van der Waals surface area contributed by atoms with E-state index in [1.807, 2.05) is 43.5 Å². The smallest absolute Gasteiger partial charge is 0.134 e. The second-order valence-corrected chi connectivity index (χ2v) is 7.60. The van der Waals surface area contributed by atoms with Crippen LogP contribution in [0.25, 0.3) is 22.9 Å². The van der Waals surface area contributed by atoms with Crippen molar-refractivity contribution in [2.24, 2.45) is 0 Å². The van der Waals surface area contributed by atoms with Gasteiger partial charge in [0.15, 0.2) is 0 Å². The van der Waals surface area contributed by atoms with Crippen molar-refractivity contribution < 1.29 is 9.47 Å². The molecule has 29 heavy (non-hydrogen) atoms. The average Bonchev–Trinajstić information content (AvgIpc) is 3.17. The number of hydrogen-bond acceptors (Lipinski definition) is 5. The molecule has 3 rings (SSSR count). The van der Waals surface area contributed by atoms with Crippen LogP contribution in [0.3, 0.4) is 0 Å². The molecule has 1 aromatic heterocycles. The van der Waals surface area contributed by atoms with E-state index in [2.05, 4.69) is 11.1 Å². The second kappa shape index (κ2) is 9.80. The largest absolute Gasteiger partial charge is 0.494 e. The molecule has 0 amide bonds. The summed E-state index contributed by atoms with van der Waals surface area (Å²) in [6, 6.07) is 13.0. The molecule has 0 aliphatic carbocycles. The lowest BCUT2D eigenvalue weighted by Gasteiger charge is -2.10. The molecule has 7 heteroatoms. The first-order chi connectivity index (χ1) is 14.0. The zero-order valence-corrected chi connectivity index (χ0v) is 18.2. The van der Waals surface area contributed by atoms with Crippen LogP contribution in [0.15, 0.2) is 41.8 Å². The number of rotatable bonds is 7. The summed E-state index contributed by atoms with van der Waals surface area (Å²) in [7, 11) is 0. The van der Waals surface area contributed by atoms with Crippen molar-refractivity contribution in [3.8, 4) is 28.8 Å². The highest BCUT2D eigenvalue weighted by Gasteiger charge is 2.13. The van der Waals surface area contributed by atoms with Gasteiger partial charge in [-0.05, 0) is 50.3 Å². The predicted octanol–water partition coefficient (Wildman–Crippen LogP) is 6.98. The van der Waals surface area contributed by atoms with E-state index in [-0.39, 0.29) is 0 Å². The maximum absolute atomic E-state index is 9.71. The highest BCUT2D eigenvalue weighted by Crippen LogP contribution is 2.34. The number of halogens is 2. The van der Waals surface area contributed by atoms with Gasteiger partial charge in [0.05, 0.1) is 29.5 Å². The van der Waals surface area contributed by atoms with Gasteiger partial charge in [-0.2, -0.15) is 5.26 Å². The number of aromatic nitrogens is 1. The normalized spacial score (nSPS) is 11.2. The number of nitrogens with zero attached hydrogens (tertiary/aromatic N) is 2. The van der Waals surface area contributed by atoms with Crippen molar-refractivity contribution in [3.63, 3.8) is 0 Å². The predicted molar refractivity (Wildman–Crippen MR) is 120 cm³/mol. The van der Waals surface area contributed by atoms with Crippen molar-refractivity contribution >= 4 is 46.2 Å². The summed E-state index contributed by atoms with van der Waals surface area (Å²) in [5, 5.41) is 13.3. The Kier molecular flexibility index (Phi) is 7.16. The van der Waals surface area contributed by atoms with E-state index in [1.165, 1.54) is 11.3 Å². The number of ether oxygens (including phenoxy) is 2. The van der Waals surface area contributed by atoms with Crippen LogP contribution in [0.1, 0.15) is 24.4 Å². The Morgan fingerprint density at radius 3 is 2.62 bits per heavy atom. The molecule has 0 radical (unpaired) electrons. The molecule has 2 aromatic carbocycles. The number of benzene rings is 2. The van der Waals surface area contributed by atoms with Crippen LogP contribution in [0, 0.1) is 11.3 Å². The molecule has 0 aliphatic rings. The van der Waals surface area contributed by atoms with Crippen molar-refractivity contribution in [2.45, 2.75) is 13.8 Å². The molecule has 0 fully saturated rings. The van der Waals surface area contributed by atoms with Crippen LogP contribution in [-0.4, -0.2) is 18.2 Å². The first kappa shape index (κ1) is 21.2. The SMILES string of the molecule is CCOc1ccc(C=C(C#N)c2nc(-c3ccc(Cl)cc3Cl)cs2)c(OCC)c1. The molecule has 0 spiro atoms. The maximum Gasteiger partial charge on any atom is 0.134 e. The molecule has 0 saturated carbocycles. The summed E-state index contributed by atoms with van der Waals surface area (Å²) >= 11 is 13.6. The highest BCUT2D eigenvalue weighted by molar-refractivity contribution is 7.11. The molecule has 1 heterocycles. The third-order valence-corrected chi connectivity index (χ3v) is 5.38.